The van der Waals surface area contributed by atoms with Gasteiger partial charge in [0.05, 0.1) is 5.56 Å². The minimum atomic E-state index is -0.488. The fourth-order valence-corrected chi connectivity index (χ4v) is 1.94. The Hall–Kier alpha value is -2.57. The molecule has 1 amide bonds. The minimum Gasteiger partial charge on any atom is -0.356 e. The van der Waals surface area contributed by atoms with Crippen molar-refractivity contribution in [2.45, 2.75) is 26.7 Å². The van der Waals surface area contributed by atoms with Gasteiger partial charge in [0, 0.05) is 19.4 Å². The van der Waals surface area contributed by atoms with E-state index in [0.717, 1.165) is 0 Å². The van der Waals surface area contributed by atoms with Crippen molar-refractivity contribution >= 4 is 5.91 Å². The van der Waals surface area contributed by atoms with E-state index in [-0.39, 0.29) is 35.8 Å². The largest absolute Gasteiger partial charge is 0.356 e. The van der Waals surface area contributed by atoms with Gasteiger partial charge in [-0.05, 0) is 18.1 Å². The average molecular weight is 318 g/mol. The topological polar surface area (TPSA) is 87.7 Å². The molecule has 1 aromatic carbocycles. The first-order valence-electron chi connectivity index (χ1n) is 7.45. The fraction of sp³-hybridized carbons (Fsp3) is 0.375. The summed E-state index contributed by atoms with van der Waals surface area (Å²) in [6.07, 6.45) is 0.341. The molecule has 6 nitrogen and oxygen atoms in total. The fourth-order valence-electron chi connectivity index (χ4n) is 1.94. The summed E-state index contributed by atoms with van der Waals surface area (Å²) in [6, 6.07) is 5.98. The maximum Gasteiger partial charge on any atom is 0.273 e. The molecule has 0 spiro atoms. The van der Waals surface area contributed by atoms with Crippen LogP contribution in [0.25, 0.3) is 11.4 Å². The average Bonchev–Trinajstić information content (AvgIpc) is 2.52. The van der Waals surface area contributed by atoms with Crippen molar-refractivity contribution in [3.8, 4) is 11.4 Å². The van der Waals surface area contributed by atoms with Gasteiger partial charge in [-0.1, -0.05) is 26.0 Å². The smallest absolute Gasteiger partial charge is 0.273 e. The van der Waals surface area contributed by atoms with E-state index in [2.05, 4.69) is 20.5 Å². The monoisotopic (exact) mass is 318 g/mol. The summed E-state index contributed by atoms with van der Waals surface area (Å²) in [6.45, 7) is 4.59. The van der Waals surface area contributed by atoms with Gasteiger partial charge in [0.1, 0.15) is 11.5 Å². The second kappa shape index (κ2) is 7.62. The third kappa shape index (κ3) is 4.70. The van der Waals surface area contributed by atoms with Crippen LogP contribution in [0.5, 0.6) is 0 Å². The van der Waals surface area contributed by atoms with Crippen molar-refractivity contribution in [2.75, 3.05) is 6.54 Å². The Kier molecular flexibility index (Phi) is 5.56. The maximum atomic E-state index is 13.7. The van der Waals surface area contributed by atoms with Gasteiger partial charge >= 0.3 is 0 Å². The number of H-pyrrole nitrogens is 1. The van der Waals surface area contributed by atoms with Gasteiger partial charge in [-0.15, -0.1) is 10.2 Å². The number of halogens is 1. The zero-order chi connectivity index (χ0) is 16.8. The first-order chi connectivity index (χ1) is 11.0. The van der Waals surface area contributed by atoms with Gasteiger partial charge < -0.3 is 10.3 Å². The van der Waals surface area contributed by atoms with Crippen molar-refractivity contribution in [3.63, 3.8) is 0 Å². The number of carbonyl (C=O) groups excluding carboxylic acids is 1. The summed E-state index contributed by atoms with van der Waals surface area (Å²) in [4.78, 5) is 26.1. The molecular weight excluding hydrogens is 299 g/mol. The lowest BCUT2D eigenvalue weighted by molar-refractivity contribution is -0.121. The van der Waals surface area contributed by atoms with Crippen LogP contribution in [0.3, 0.4) is 0 Å². The summed E-state index contributed by atoms with van der Waals surface area (Å²) in [5.74, 6) is -0.195. The summed E-state index contributed by atoms with van der Waals surface area (Å²) < 4.78 is 13.7. The maximum absolute atomic E-state index is 13.7. The van der Waals surface area contributed by atoms with Crippen LogP contribution in [0.15, 0.2) is 29.1 Å². The number of aryl methyl sites for hydroxylation is 1. The van der Waals surface area contributed by atoms with E-state index in [4.69, 9.17) is 0 Å². The number of nitrogens with one attached hydrogen (secondary N) is 2. The van der Waals surface area contributed by atoms with Gasteiger partial charge in [0.15, 0.2) is 5.82 Å². The zero-order valence-electron chi connectivity index (χ0n) is 13.1. The van der Waals surface area contributed by atoms with E-state index in [1.807, 2.05) is 13.8 Å². The molecular formula is C16H19FN4O2. The normalized spacial score (nSPS) is 10.8. The highest BCUT2D eigenvalue weighted by molar-refractivity contribution is 5.76. The highest BCUT2D eigenvalue weighted by atomic mass is 19.1. The molecule has 0 aliphatic carbocycles. The van der Waals surface area contributed by atoms with E-state index < -0.39 is 11.4 Å². The predicted octanol–water partition coefficient (Wildman–Crippen LogP) is 1.68. The van der Waals surface area contributed by atoms with Crippen LogP contribution in [0.2, 0.25) is 0 Å². The number of nitrogens with zero attached hydrogens (tertiary/aromatic N) is 2. The molecule has 0 atom stereocenters. The molecule has 2 rings (SSSR count). The van der Waals surface area contributed by atoms with Gasteiger partial charge in [-0.25, -0.2) is 4.39 Å². The second-order valence-electron chi connectivity index (χ2n) is 5.63. The Bertz CT molecular complexity index is 743. The van der Waals surface area contributed by atoms with Crippen LogP contribution in [-0.4, -0.2) is 27.6 Å². The molecule has 2 N–H and O–H groups in total. The standard InChI is InChI=1S/C16H19FN4O2/c1-10(2)9-18-14(22)8-7-13-16(23)19-15(21-20-13)11-5-3-4-6-12(11)17/h3-6,10H,7-9H2,1-2H3,(H,18,22)(H,19,21,23). The quantitative estimate of drug-likeness (QED) is 0.848. The highest BCUT2D eigenvalue weighted by Crippen LogP contribution is 2.16. The molecule has 0 fully saturated rings. The number of benzene rings is 1. The van der Waals surface area contributed by atoms with Crippen molar-refractivity contribution < 1.29 is 9.18 Å². The van der Waals surface area contributed by atoms with E-state index in [9.17, 15) is 14.0 Å². The number of aromatic nitrogens is 3. The lowest BCUT2D eigenvalue weighted by Gasteiger charge is -2.07. The SMILES string of the molecule is CC(C)CNC(=O)CCc1nnc(-c2ccccc2F)[nH]c1=O. The van der Waals surface area contributed by atoms with Crippen LogP contribution < -0.4 is 10.9 Å². The molecule has 122 valence electrons. The van der Waals surface area contributed by atoms with Gasteiger partial charge in [0.25, 0.3) is 5.56 Å². The van der Waals surface area contributed by atoms with Crippen LogP contribution in [-0.2, 0) is 11.2 Å². The molecule has 0 unspecified atom stereocenters. The molecule has 7 heteroatoms. The predicted molar refractivity (Wildman–Crippen MR) is 84.2 cm³/mol. The van der Waals surface area contributed by atoms with Crippen molar-refractivity contribution in [1.82, 2.24) is 20.5 Å². The number of hydrogen-bond donors (Lipinski definition) is 2. The van der Waals surface area contributed by atoms with Gasteiger partial charge in [-0.3, -0.25) is 9.59 Å². The number of rotatable bonds is 6. The van der Waals surface area contributed by atoms with Crippen LogP contribution in [0, 0.1) is 11.7 Å². The molecule has 23 heavy (non-hydrogen) atoms. The summed E-state index contributed by atoms with van der Waals surface area (Å²) in [5.41, 5.74) is -0.127. The Morgan fingerprint density at radius 2 is 2.04 bits per heavy atom. The van der Waals surface area contributed by atoms with Crippen LogP contribution in [0.4, 0.5) is 4.39 Å². The van der Waals surface area contributed by atoms with Crippen molar-refractivity contribution in [1.29, 1.82) is 0 Å². The number of carbonyl (C=O) groups is 1. The molecule has 1 aromatic heterocycles. The molecule has 0 aliphatic heterocycles. The number of hydrogen-bond acceptors (Lipinski definition) is 4. The summed E-state index contributed by atoms with van der Waals surface area (Å²) in [7, 11) is 0. The Morgan fingerprint density at radius 3 is 2.70 bits per heavy atom. The molecule has 0 radical (unpaired) electrons. The third-order valence-electron chi connectivity index (χ3n) is 3.19. The Morgan fingerprint density at radius 1 is 1.30 bits per heavy atom. The molecule has 0 aliphatic rings. The Labute approximate surface area is 133 Å². The minimum absolute atomic E-state index is 0.0705. The molecule has 0 saturated carbocycles. The van der Waals surface area contributed by atoms with Gasteiger partial charge in [0.2, 0.25) is 5.91 Å². The lowest BCUT2D eigenvalue weighted by atomic mass is 10.2. The number of aromatic amines is 1. The second-order valence-corrected chi connectivity index (χ2v) is 5.63. The molecule has 1 heterocycles. The third-order valence-corrected chi connectivity index (χ3v) is 3.19. The van der Waals surface area contributed by atoms with Crippen molar-refractivity contribution in [2.24, 2.45) is 5.92 Å². The summed E-state index contributed by atoms with van der Waals surface area (Å²) >= 11 is 0. The summed E-state index contributed by atoms with van der Waals surface area (Å²) in [5, 5.41) is 10.4. The van der Waals surface area contributed by atoms with Crippen molar-refractivity contribution in [3.05, 3.63) is 46.1 Å². The van der Waals surface area contributed by atoms with Crippen LogP contribution >= 0.6 is 0 Å². The van der Waals surface area contributed by atoms with Gasteiger partial charge in [-0.2, -0.15) is 0 Å². The van der Waals surface area contributed by atoms with E-state index >= 15 is 0 Å². The van der Waals surface area contributed by atoms with Crippen LogP contribution in [0.1, 0.15) is 26.0 Å². The molecule has 0 saturated heterocycles. The first-order valence-corrected chi connectivity index (χ1v) is 7.45. The number of amides is 1. The Balaban J connectivity index is 2.04. The molecule has 2 aromatic rings. The van der Waals surface area contributed by atoms with E-state index in [0.29, 0.717) is 12.5 Å². The van der Waals surface area contributed by atoms with E-state index in [1.54, 1.807) is 12.1 Å². The first kappa shape index (κ1) is 16.8. The highest BCUT2D eigenvalue weighted by Gasteiger charge is 2.11. The lowest BCUT2D eigenvalue weighted by Crippen LogP contribution is -2.28. The zero-order valence-corrected chi connectivity index (χ0v) is 13.1. The van der Waals surface area contributed by atoms with E-state index in [1.165, 1.54) is 12.1 Å². The molecule has 0 bridgehead atoms.